The minimum atomic E-state index is -3.95. The quantitative estimate of drug-likeness (QED) is 0.217. The van der Waals surface area contributed by atoms with Crippen molar-refractivity contribution in [3.8, 4) is 0 Å². The van der Waals surface area contributed by atoms with E-state index in [1.165, 1.54) is 0 Å². The van der Waals surface area contributed by atoms with Crippen LogP contribution in [0.3, 0.4) is 0 Å². The van der Waals surface area contributed by atoms with Crippen molar-refractivity contribution < 1.29 is 28.6 Å². The van der Waals surface area contributed by atoms with Gasteiger partial charge in [-0.15, -0.1) is 0 Å². The average Bonchev–Trinajstić information content (AvgIpc) is 2.30. The molecule has 0 aromatic carbocycles. The molecule has 0 amide bonds. The third-order valence-corrected chi connectivity index (χ3v) is 10.8. The molecule has 0 aliphatic rings. The molecular weight excluding hydrogens is 359 g/mol. The van der Waals surface area contributed by atoms with Crippen molar-refractivity contribution in [2.75, 3.05) is 13.2 Å². The van der Waals surface area contributed by atoms with Crippen LogP contribution in [0.2, 0.25) is 9.88 Å². The van der Waals surface area contributed by atoms with Crippen LogP contribution in [0, 0.1) is 0 Å². The molecule has 0 saturated carbocycles. The molecule has 0 aromatic rings. The summed E-state index contributed by atoms with van der Waals surface area (Å²) in [4.78, 5) is 32.3. The normalized spacial score (nSPS) is 9.89. The summed E-state index contributed by atoms with van der Waals surface area (Å²) in [6.45, 7) is 3.40. The van der Waals surface area contributed by atoms with E-state index in [-0.39, 0.29) is 20.7 Å². The molecule has 19 heavy (non-hydrogen) atoms. The SMILES string of the molecule is CCOC(=O)[C](=[N+]=[N-])[Sn]([CH3])([CH3])[C](=[N+]=[N-])C(=O)OCC. The number of nitrogens with zero attached hydrogens (tertiary/aromatic N) is 4. The van der Waals surface area contributed by atoms with Gasteiger partial charge in [0.05, 0.1) is 0 Å². The zero-order chi connectivity index (χ0) is 15.1. The molecule has 8 nitrogen and oxygen atoms in total. The van der Waals surface area contributed by atoms with Gasteiger partial charge in [-0.1, -0.05) is 0 Å². The van der Waals surface area contributed by atoms with E-state index in [9.17, 15) is 9.59 Å². The number of hydrogen-bond donors (Lipinski definition) is 0. The second-order valence-electron chi connectivity index (χ2n) is 3.96. The molecule has 9 heteroatoms. The zero-order valence-electron chi connectivity index (χ0n) is 11.3. The summed E-state index contributed by atoms with van der Waals surface area (Å²) < 4.78 is 8.99. The number of carbonyl (C=O) groups excluding carboxylic acids is 2. The van der Waals surface area contributed by atoms with Crippen LogP contribution in [0.5, 0.6) is 0 Å². The molecule has 0 atom stereocenters. The van der Waals surface area contributed by atoms with Gasteiger partial charge in [-0.2, -0.15) is 0 Å². The minimum absolute atomic E-state index is 0.102. The molecule has 0 N–H and O–H groups in total. The first-order valence-corrected chi connectivity index (χ1v) is 14.2. The van der Waals surface area contributed by atoms with Gasteiger partial charge in [0.1, 0.15) is 0 Å². The van der Waals surface area contributed by atoms with E-state index in [1.807, 2.05) is 0 Å². The summed E-state index contributed by atoms with van der Waals surface area (Å²) >= 11 is -3.95. The van der Waals surface area contributed by atoms with Crippen LogP contribution in [0.15, 0.2) is 0 Å². The Kier molecular flexibility index (Phi) is 7.21. The fourth-order valence-corrected chi connectivity index (χ4v) is 6.75. The van der Waals surface area contributed by atoms with Crippen LogP contribution in [0.4, 0.5) is 0 Å². The number of rotatable bonds is 6. The van der Waals surface area contributed by atoms with E-state index in [0.29, 0.717) is 0 Å². The molecule has 0 spiro atoms. The first-order valence-electron chi connectivity index (χ1n) is 5.66. The fraction of sp³-hybridized carbons (Fsp3) is 0.600. The van der Waals surface area contributed by atoms with Crippen molar-refractivity contribution in [2.24, 2.45) is 0 Å². The van der Waals surface area contributed by atoms with Crippen molar-refractivity contribution >= 4 is 37.8 Å². The molecule has 0 aromatic heterocycles. The Bertz CT molecular complexity index is 434. The van der Waals surface area contributed by atoms with Crippen molar-refractivity contribution in [2.45, 2.75) is 23.7 Å². The van der Waals surface area contributed by atoms with Gasteiger partial charge in [-0.25, -0.2) is 0 Å². The van der Waals surface area contributed by atoms with Crippen molar-refractivity contribution in [1.82, 2.24) is 0 Å². The second kappa shape index (κ2) is 7.83. The van der Waals surface area contributed by atoms with E-state index in [4.69, 9.17) is 20.5 Å². The number of carbonyl (C=O) groups is 2. The van der Waals surface area contributed by atoms with Gasteiger partial charge in [0.25, 0.3) is 0 Å². The number of hydrogen-bond acceptors (Lipinski definition) is 4. The molecule has 0 heterocycles. The van der Waals surface area contributed by atoms with Gasteiger partial charge < -0.3 is 0 Å². The molecule has 0 aliphatic carbocycles. The second-order valence-corrected chi connectivity index (χ2v) is 15.9. The molecule has 0 unspecified atom stereocenters. The first kappa shape index (κ1) is 17.5. The third-order valence-electron chi connectivity index (χ3n) is 2.32. The van der Waals surface area contributed by atoms with Crippen LogP contribution >= 0.6 is 0 Å². The Morgan fingerprint density at radius 2 is 1.26 bits per heavy atom. The van der Waals surface area contributed by atoms with Crippen LogP contribution in [-0.4, -0.2) is 60.6 Å². The summed E-state index contributed by atoms with van der Waals surface area (Å²) in [6, 6.07) is 0. The zero-order valence-corrected chi connectivity index (χ0v) is 14.2. The molecule has 0 bridgehead atoms. The predicted molar refractivity (Wildman–Crippen MR) is 68.0 cm³/mol. The van der Waals surface area contributed by atoms with E-state index >= 15 is 0 Å². The van der Waals surface area contributed by atoms with Crippen molar-refractivity contribution in [3.05, 3.63) is 11.1 Å². The standard InChI is InChI=1S/2C4H5N2O2.2CH3.Sn/c2*1-2-8-4(7)3-6-5;;;/h2*2H2,1H3;2*1H3;. The van der Waals surface area contributed by atoms with E-state index in [2.05, 4.69) is 9.58 Å². The average molecular weight is 375 g/mol. The predicted octanol–water partition coefficient (Wildman–Crippen LogP) is 0.241. The molecule has 0 fully saturated rings. The monoisotopic (exact) mass is 376 g/mol. The first-order chi connectivity index (χ1) is 8.86. The third kappa shape index (κ3) is 4.27. The van der Waals surface area contributed by atoms with Crippen LogP contribution in [-0.2, 0) is 19.1 Å². The van der Waals surface area contributed by atoms with Crippen LogP contribution in [0.1, 0.15) is 13.8 Å². The summed E-state index contributed by atoms with van der Waals surface area (Å²) in [5, 5.41) is 0. The molecular formula is C10H16N4O4Sn. The Balaban J connectivity index is 5.56. The van der Waals surface area contributed by atoms with Gasteiger partial charge in [-0.3, -0.25) is 0 Å². The number of ether oxygens (including phenoxy) is 2. The van der Waals surface area contributed by atoms with Crippen LogP contribution in [0.25, 0.3) is 11.1 Å². The van der Waals surface area contributed by atoms with Gasteiger partial charge in [0.15, 0.2) is 0 Å². The summed E-state index contributed by atoms with van der Waals surface area (Å²) in [5.74, 6) is -1.65. The van der Waals surface area contributed by atoms with Gasteiger partial charge in [0.2, 0.25) is 0 Å². The van der Waals surface area contributed by atoms with E-state index in [0.717, 1.165) is 0 Å². The molecule has 0 aliphatic heterocycles. The topological polar surface area (TPSA) is 125 Å². The molecule has 0 radical (unpaired) electrons. The summed E-state index contributed by atoms with van der Waals surface area (Å²) in [6.07, 6.45) is 0. The Hall–Kier alpha value is -1.50. The maximum absolute atomic E-state index is 11.7. The summed E-state index contributed by atoms with van der Waals surface area (Å²) in [5.41, 5.74) is 17.9. The Morgan fingerprint density at radius 3 is 1.47 bits per heavy atom. The van der Waals surface area contributed by atoms with Gasteiger partial charge in [0, 0.05) is 0 Å². The molecule has 0 rings (SSSR count). The molecule has 0 saturated heterocycles. The van der Waals surface area contributed by atoms with E-state index in [1.54, 1.807) is 23.7 Å². The maximum atomic E-state index is 11.7. The number of esters is 2. The van der Waals surface area contributed by atoms with E-state index < -0.39 is 30.3 Å². The summed E-state index contributed by atoms with van der Waals surface area (Å²) in [7, 11) is 0. The Morgan fingerprint density at radius 1 is 0.947 bits per heavy atom. The van der Waals surface area contributed by atoms with Crippen molar-refractivity contribution in [3.63, 3.8) is 0 Å². The molecule has 104 valence electrons. The van der Waals surface area contributed by atoms with Gasteiger partial charge >= 0.3 is 114 Å². The Labute approximate surface area is 114 Å². The van der Waals surface area contributed by atoms with Gasteiger partial charge in [-0.05, 0) is 0 Å². The van der Waals surface area contributed by atoms with Crippen molar-refractivity contribution in [1.29, 1.82) is 0 Å². The fourth-order valence-electron chi connectivity index (χ4n) is 1.35. The van der Waals surface area contributed by atoms with Crippen LogP contribution < -0.4 is 0 Å².